The minimum atomic E-state index is -0.336. The fourth-order valence-corrected chi connectivity index (χ4v) is 2.11. The van der Waals surface area contributed by atoms with E-state index < -0.39 is 0 Å². The summed E-state index contributed by atoms with van der Waals surface area (Å²) < 4.78 is 0. The summed E-state index contributed by atoms with van der Waals surface area (Å²) in [4.78, 5) is 25.9. The molecule has 0 bridgehead atoms. The lowest BCUT2D eigenvalue weighted by atomic mass is 9.98. The predicted molar refractivity (Wildman–Crippen MR) is 72.0 cm³/mol. The van der Waals surface area contributed by atoms with Crippen LogP contribution in [0.25, 0.3) is 0 Å². The number of amides is 2. The average molecular weight is 254 g/mol. The number of carbonyl (C=O) groups is 2. The zero-order chi connectivity index (χ0) is 13.7. The molecular formula is C14H26N2O2. The summed E-state index contributed by atoms with van der Waals surface area (Å²) in [5, 5.41) is 2.87. The second-order valence-corrected chi connectivity index (χ2v) is 5.69. The fraction of sp³-hybridized carbons (Fsp3) is 0.857. The molecule has 1 rings (SSSR count). The number of nitrogens with one attached hydrogen (secondary N) is 1. The predicted octanol–water partition coefficient (Wildman–Crippen LogP) is 1.80. The van der Waals surface area contributed by atoms with Crippen molar-refractivity contribution < 1.29 is 9.59 Å². The molecule has 2 unspecified atom stereocenters. The Balaban J connectivity index is 2.73. The third-order valence-corrected chi connectivity index (χ3v) is 3.69. The molecule has 0 aromatic carbocycles. The number of hydrogen-bond donors (Lipinski definition) is 1. The molecule has 1 fully saturated rings. The highest BCUT2D eigenvalue weighted by Gasteiger charge is 2.32. The Hall–Kier alpha value is -1.06. The van der Waals surface area contributed by atoms with E-state index in [4.69, 9.17) is 0 Å². The molecule has 0 aromatic heterocycles. The highest BCUT2D eigenvalue weighted by atomic mass is 16.2. The third-order valence-electron chi connectivity index (χ3n) is 3.69. The van der Waals surface area contributed by atoms with Crippen LogP contribution in [0.4, 0.5) is 0 Å². The van der Waals surface area contributed by atoms with Gasteiger partial charge in [0.15, 0.2) is 0 Å². The van der Waals surface area contributed by atoms with Crippen molar-refractivity contribution in [3.05, 3.63) is 0 Å². The monoisotopic (exact) mass is 254 g/mol. The van der Waals surface area contributed by atoms with Crippen LogP contribution in [0.15, 0.2) is 0 Å². The van der Waals surface area contributed by atoms with Gasteiger partial charge in [0.05, 0.1) is 0 Å². The van der Waals surface area contributed by atoms with E-state index in [2.05, 4.69) is 19.2 Å². The topological polar surface area (TPSA) is 49.4 Å². The Labute approximate surface area is 110 Å². The Morgan fingerprint density at radius 3 is 2.56 bits per heavy atom. The minimum absolute atomic E-state index is 0.000645. The molecule has 1 N–H and O–H groups in total. The molecule has 4 heteroatoms. The van der Waals surface area contributed by atoms with E-state index in [9.17, 15) is 9.59 Å². The van der Waals surface area contributed by atoms with Crippen LogP contribution < -0.4 is 5.32 Å². The van der Waals surface area contributed by atoms with E-state index >= 15 is 0 Å². The van der Waals surface area contributed by atoms with Gasteiger partial charge in [-0.1, -0.05) is 34.1 Å². The van der Waals surface area contributed by atoms with Gasteiger partial charge in [0.25, 0.3) is 0 Å². The van der Waals surface area contributed by atoms with Gasteiger partial charge < -0.3 is 10.2 Å². The van der Waals surface area contributed by atoms with Gasteiger partial charge in [0.2, 0.25) is 11.8 Å². The van der Waals surface area contributed by atoms with Crippen molar-refractivity contribution in [1.29, 1.82) is 0 Å². The number of rotatable bonds is 5. The van der Waals surface area contributed by atoms with E-state index in [0.717, 1.165) is 19.4 Å². The summed E-state index contributed by atoms with van der Waals surface area (Å²) in [6, 6.07) is -0.336. The van der Waals surface area contributed by atoms with E-state index in [1.165, 1.54) is 0 Å². The van der Waals surface area contributed by atoms with Crippen molar-refractivity contribution in [1.82, 2.24) is 10.2 Å². The van der Waals surface area contributed by atoms with E-state index in [1.807, 2.05) is 18.7 Å². The van der Waals surface area contributed by atoms with Crippen molar-refractivity contribution in [3.8, 4) is 0 Å². The first-order chi connectivity index (χ1) is 8.45. The van der Waals surface area contributed by atoms with Crippen molar-refractivity contribution in [2.75, 3.05) is 13.1 Å². The first-order valence-corrected chi connectivity index (χ1v) is 7.03. The molecule has 0 spiro atoms. The lowest BCUT2D eigenvalue weighted by molar-refractivity contribution is -0.135. The van der Waals surface area contributed by atoms with Gasteiger partial charge in [0, 0.05) is 19.5 Å². The highest BCUT2D eigenvalue weighted by Crippen LogP contribution is 2.15. The quantitative estimate of drug-likeness (QED) is 0.813. The maximum atomic E-state index is 12.4. The third kappa shape index (κ3) is 4.00. The summed E-state index contributed by atoms with van der Waals surface area (Å²) in [7, 11) is 0. The van der Waals surface area contributed by atoms with Crippen molar-refractivity contribution in [2.45, 2.75) is 53.0 Å². The first-order valence-electron chi connectivity index (χ1n) is 7.03. The summed E-state index contributed by atoms with van der Waals surface area (Å²) in [6.07, 6.45) is 2.32. The number of carbonyl (C=O) groups excluding carboxylic acids is 2. The van der Waals surface area contributed by atoms with E-state index in [1.54, 1.807) is 0 Å². The molecule has 18 heavy (non-hydrogen) atoms. The van der Waals surface area contributed by atoms with Crippen LogP contribution in [0.5, 0.6) is 0 Å². The van der Waals surface area contributed by atoms with Crippen molar-refractivity contribution >= 4 is 11.8 Å². The SMILES string of the molecule is CCC(C)C1NC(=O)CCN(CCC(C)C)C1=O. The van der Waals surface area contributed by atoms with Crippen LogP contribution >= 0.6 is 0 Å². The van der Waals surface area contributed by atoms with E-state index in [-0.39, 0.29) is 23.8 Å². The molecule has 4 nitrogen and oxygen atoms in total. The average Bonchev–Trinajstić information content (AvgIpc) is 2.46. The Bertz CT molecular complexity index is 302. The largest absolute Gasteiger partial charge is 0.344 e. The van der Waals surface area contributed by atoms with Crippen LogP contribution in [-0.2, 0) is 9.59 Å². The molecule has 0 radical (unpaired) electrons. The smallest absolute Gasteiger partial charge is 0.245 e. The zero-order valence-corrected chi connectivity index (χ0v) is 12.0. The molecule has 1 aliphatic heterocycles. The normalized spacial score (nSPS) is 22.9. The number of hydrogen-bond acceptors (Lipinski definition) is 2. The lowest BCUT2D eigenvalue weighted by Crippen LogP contribution is -2.48. The van der Waals surface area contributed by atoms with Gasteiger partial charge in [-0.25, -0.2) is 0 Å². The molecule has 2 atom stereocenters. The summed E-state index contributed by atoms with van der Waals surface area (Å²) in [5.41, 5.74) is 0. The Morgan fingerprint density at radius 2 is 2.00 bits per heavy atom. The second kappa shape index (κ2) is 6.76. The molecule has 0 aromatic rings. The van der Waals surface area contributed by atoms with Gasteiger partial charge in [-0.3, -0.25) is 9.59 Å². The number of nitrogens with zero attached hydrogens (tertiary/aromatic N) is 1. The molecular weight excluding hydrogens is 228 g/mol. The molecule has 2 amide bonds. The lowest BCUT2D eigenvalue weighted by Gasteiger charge is -2.27. The van der Waals surface area contributed by atoms with Crippen LogP contribution in [0.2, 0.25) is 0 Å². The maximum absolute atomic E-state index is 12.4. The van der Waals surface area contributed by atoms with Crippen LogP contribution in [0, 0.1) is 11.8 Å². The van der Waals surface area contributed by atoms with Crippen molar-refractivity contribution in [2.24, 2.45) is 11.8 Å². The first kappa shape index (κ1) is 15.0. The Kier molecular flexibility index (Phi) is 5.63. The summed E-state index contributed by atoms with van der Waals surface area (Å²) in [6.45, 7) is 9.70. The molecule has 1 aliphatic rings. The summed E-state index contributed by atoms with van der Waals surface area (Å²) >= 11 is 0. The second-order valence-electron chi connectivity index (χ2n) is 5.69. The van der Waals surface area contributed by atoms with Crippen molar-refractivity contribution in [3.63, 3.8) is 0 Å². The zero-order valence-electron chi connectivity index (χ0n) is 12.0. The van der Waals surface area contributed by atoms with Gasteiger partial charge >= 0.3 is 0 Å². The van der Waals surface area contributed by atoms with Crippen LogP contribution in [0.3, 0.4) is 0 Å². The minimum Gasteiger partial charge on any atom is -0.344 e. The maximum Gasteiger partial charge on any atom is 0.245 e. The molecule has 1 saturated heterocycles. The van der Waals surface area contributed by atoms with Gasteiger partial charge in [0.1, 0.15) is 6.04 Å². The fourth-order valence-electron chi connectivity index (χ4n) is 2.11. The molecule has 0 aliphatic carbocycles. The Morgan fingerprint density at radius 1 is 1.33 bits per heavy atom. The van der Waals surface area contributed by atoms with Gasteiger partial charge in [-0.2, -0.15) is 0 Å². The molecule has 0 saturated carbocycles. The van der Waals surface area contributed by atoms with Gasteiger partial charge in [-0.15, -0.1) is 0 Å². The van der Waals surface area contributed by atoms with Crippen LogP contribution in [0.1, 0.15) is 47.0 Å². The molecule has 1 heterocycles. The summed E-state index contributed by atoms with van der Waals surface area (Å²) in [5.74, 6) is 0.865. The van der Waals surface area contributed by atoms with Gasteiger partial charge in [-0.05, 0) is 18.3 Å². The van der Waals surface area contributed by atoms with E-state index in [0.29, 0.717) is 18.9 Å². The molecule has 104 valence electrons. The standard InChI is InChI=1S/C14H26N2O2/c1-5-11(4)13-14(18)16(8-6-10(2)3)9-7-12(17)15-13/h10-11,13H,5-9H2,1-4H3,(H,15,17). The highest BCUT2D eigenvalue weighted by molar-refractivity contribution is 5.90. The van der Waals surface area contributed by atoms with Crippen LogP contribution in [-0.4, -0.2) is 35.8 Å².